The third kappa shape index (κ3) is 8.05. The van der Waals surface area contributed by atoms with E-state index in [1.54, 1.807) is 11.3 Å². The molecule has 0 spiro atoms. The van der Waals surface area contributed by atoms with Gasteiger partial charge < -0.3 is 10.6 Å². The molecule has 2 N–H and O–H groups in total. The van der Waals surface area contributed by atoms with Gasteiger partial charge in [0, 0.05) is 18.0 Å². The molecule has 1 aromatic carbocycles. The van der Waals surface area contributed by atoms with Crippen LogP contribution in [0.15, 0.2) is 29.3 Å². The van der Waals surface area contributed by atoms with Gasteiger partial charge in [0.15, 0.2) is 5.96 Å². The Labute approximate surface area is 191 Å². The first-order chi connectivity index (χ1) is 13.0. The Hall–Kier alpha value is -1.19. The summed E-state index contributed by atoms with van der Waals surface area (Å²) in [5.41, 5.74) is 3.68. The number of benzene rings is 1. The van der Waals surface area contributed by atoms with E-state index < -0.39 is 0 Å². The molecule has 5 nitrogen and oxygen atoms in total. The van der Waals surface area contributed by atoms with Crippen LogP contribution in [-0.4, -0.2) is 35.5 Å². The van der Waals surface area contributed by atoms with E-state index in [0.29, 0.717) is 6.54 Å². The summed E-state index contributed by atoms with van der Waals surface area (Å²) in [6.07, 6.45) is 0. The second-order valence-electron chi connectivity index (χ2n) is 6.57. The molecule has 0 radical (unpaired) electrons. The number of guanidine groups is 1. The molecule has 0 amide bonds. The van der Waals surface area contributed by atoms with E-state index >= 15 is 0 Å². The number of hydrogen-bond acceptors (Lipinski definition) is 4. The Morgan fingerprint density at radius 1 is 1.04 bits per heavy atom. The lowest BCUT2D eigenvalue weighted by Gasteiger charge is -2.18. The van der Waals surface area contributed by atoms with Crippen LogP contribution in [0.5, 0.6) is 0 Å². The largest absolute Gasteiger partial charge is 0.357 e. The van der Waals surface area contributed by atoms with Crippen LogP contribution in [0, 0.1) is 13.8 Å². The lowest BCUT2D eigenvalue weighted by molar-refractivity contribution is 0.296. The van der Waals surface area contributed by atoms with Crippen LogP contribution < -0.4 is 10.6 Å². The fraction of sp³-hybridized carbons (Fsp3) is 0.524. The SMILES string of the molecule is CCNC(=NCc1ccc(CN(CC)CC)cc1)NCc1sc(C)nc1C.I. The molecule has 7 heteroatoms. The average Bonchev–Trinajstić information content (AvgIpc) is 3.00. The molecule has 0 aliphatic carbocycles. The van der Waals surface area contributed by atoms with Gasteiger partial charge >= 0.3 is 0 Å². The predicted octanol–water partition coefficient (Wildman–Crippen LogP) is 4.48. The van der Waals surface area contributed by atoms with Crippen LogP contribution in [0.2, 0.25) is 0 Å². The molecule has 0 saturated heterocycles. The molecule has 1 aromatic heterocycles. The number of aromatic nitrogens is 1. The molecule has 2 rings (SSSR count). The number of nitrogens with one attached hydrogen (secondary N) is 2. The smallest absolute Gasteiger partial charge is 0.191 e. The lowest BCUT2D eigenvalue weighted by Crippen LogP contribution is -2.36. The summed E-state index contributed by atoms with van der Waals surface area (Å²) in [7, 11) is 0. The highest BCUT2D eigenvalue weighted by atomic mass is 127. The Morgan fingerprint density at radius 2 is 1.68 bits per heavy atom. The second kappa shape index (κ2) is 13.1. The van der Waals surface area contributed by atoms with E-state index in [0.717, 1.165) is 49.4 Å². The number of hydrogen-bond donors (Lipinski definition) is 2. The summed E-state index contributed by atoms with van der Waals surface area (Å²) in [6.45, 7) is 16.0. The first kappa shape index (κ1) is 24.8. The molecule has 156 valence electrons. The van der Waals surface area contributed by atoms with Crippen molar-refractivity contribution in [2.24, 2.45) is 4.99 Å². The van der Waals surface area contributed by atoms with E-state index in [4.69, 9.17) is 4.99 Å². The zero-order valence-electron chi connectivity index (χ0n) is 17.7. The molecule has 2 aromatic rings. The first-order valence-corrected chi connectivity index (χ1v) is 10.6. The van der Waals surface area contributed by atoms with Gasteiger partial charge in [-0.15, -0.1) is 35.3 Å². The van der Waals surface area contributed by atoms with E-state index in [-0.39, 0.29) is 24.0 Å². The molecule has 0 saturated carbocycles. The van der Waals surface area contributed by atoms with Gasteiger partial charge in [0.1, 0.15) is 0 Å². The standard InChI is InChI=1S/C21H33N5S.HI/c1-6-22-21(24-14-20-16(4)25-17(5)27-20)23-13-18-9-11-19(12-10-18)15-26(7-2)8-3;/h9-12H,6-8,13-15H2,1-5H3,(H2,22,23,24);1H. The minimum absolute atomic E-state index is 0. The Morgan fingerprint density at radius 3 is 2.21 bits per heavy atom. The van der Waals surface area contributed by atoms with Crippen molar-refractivity contribution in [3.8, 4) is 0 Å². The third-order valence-electron chi connectivity index (χ3n) is 4.50. The van der Waals surface area contributed by atoms with E-state index in [1.807, 2.05) is 6.92 Å². The Balaban J connectivity index is 0.00000392. The topological polar surface area (TPSA) is 52.6 Å². The molecule has 0 fully saturated rings. The van der Waals surface area contributed by atoms with Crippen molar-refractivity contribution >= 4 is 41.3 Å². The molecule has 0 atom stereocenters. The quantitative estimate of drug-likeness (QED) is 0.294. The summed E-state index contributed by atoms with van der Waals surface area (Å²) in [5, 5.41) is 7.84. The van der Waals surface area contributed by atoms with Crippen LogP contribution in [0.1, 0.15) is 47.5 Å². The van der Waals surface area contributed by atoms with Crippen molar-refractivity contribution in [3.05, 3.63) is 51.0 Å². The summed E-state index contributed by atoms with van der Waals surface area (Å²) >= 11 is 1.74. The number of nitrogens with zero attached hydrogens (tertiary/aromatic N) is 3. The molecule has 0 unspecified atom stereocenters. The Kier molecular flexibility index (Phi) is 11.6. The number of halogens is 1. The highest BCUT2D eigenvalue weighted by molar-refractivity contribution is 14.0. The maximum absolute atomic E-state index is 4.73. The third-order valence-corrected chi connectivity index (χ3v) is 5.58. The van der Waals surface area contributed by atoms with Crippen LogP contribution in [-0.2, 0) is 19.6 Å². The minimum atomic E-state index is 0. The number of aliphatic imine (C=N–C) groups is 1. The van der Waals surface area contributed by atoms with Crippen LogP contribution in [0.3, 0.4) is 0 Å². The van der Waals surface area contributed by atoms with Gasteiger partial charge in [-0.05, 0) is 45.0 Å². The van der Waals surface area contributed by atoms with Crippen LogP contribution in [0.25, 0.3) is 0 Å². The van der Waals surface area contributed by atoms with Gasteiger partial charge in [-0.1, -0.05) is 38.1 Å². The zero-order chi connectivity index (χ0) is 19.6. The van der Waals surface area contributed by atoms with E-state index in [1.165, 1.54) is 16.0 Å². The minimum Gasteiger partial charge on any atom is -0.357 e. The highest BCUT2D eigenvalue weighted by Crippen LogP contribution is 2.16. The number of rotatable bonds is 9. The van der Waals surface area contributed by atoms with Crippen LogP contribution >= 0.6 is 35.3 Å². The molecule has 0 aliphatic heterocycles. The first-order valence-electron chi connectivity index (χ1n) is 9.80. The predicted molar refractivity (Wildman–Crippen MR) is 132 cm³/mol. The molecule has 1 heterocycles. The van der Waals surface area contributed by atoms with Gasteiger partial charge in [-0.25, -0.2) is 9.98 Å². The Bertz CT molecular complexity index is 723. The van der Waals surface area contributed by atoms with Gasteiger partial charge in [0.05, 0.1) is 23.8 Å². The van der Waals surface area contributed by atoms with Crippen molar-refractivity contribution in [1.82, 2.24) is 20.5 Å². The molecule has 0 bridgehead atoms. The monoisotopic (exact) mass is 515 g/mol. The van der Waals surface area contributed by atoms with Crippen molar-refractivity contribution in [1.29, 1.82) is 0 Å². The van der Waals surface area contributed by atoms with Crippen molar-refractivity contribution in [2.75, 3.05) is 19.6 Å². The van der Waals surface area contributed by atoms with Gasteiger partial charge in [0.2, 0.25) is 0 Å². The summed E-state index contributed by atoms with van der Waals surface area (Å²) in [6, 6.07) is 8.80. The normalized spacial score (nSPS) is 11.4. The average molecular weight is 516 g/mol. The zero-order valence-corrected chi connectivity index (χ0v) is 20.9. The molecule has 0 aliphatic rings. The summed E-state index contributed by atoms with van der Waals surface area (Å²) in [5.74, 6) is 0.843. The maximum atomic E-state index is 4.73. The number of thiazole rings is 1. The van der Waals surface area contributed by atoms with E-state index in [9.17, 15) is 0 Å². The summed E-state index contributed by atoms with van der Waals surface area (Å²) < 4.78 is 0. The maximum Gasteiger partial charge on any atom is 0.191 e. The fourth-order valence-corrected chi connectivity index (χ4v) is 3.75. The lowest BCUT2D eigenvalue weighted by atomic mass is 10.1. The van der Waals surface area contributed by atoms with Crippen molar-refractivity contribution in [2.45, 2.75) is 54.3 Å². The van der Waals surface area contributed by atoms with Gasteiger partial charge in [-0.2, -0.15) is 0 Å². The van der Waals surface area contributed by atoms with E-state index in [2.05, 4.69) is 72.5 Å². The highest BCUT2D eigenvalue weighted by Gasteiger charge is 2.06. The molecule has 28 heavy (non-hydrogen) atoms. The molecular formula is C21H34IN5S. The van der Waals surface area contributed by atoms with Crippen LogP contribution in [0.4, 0.5) is 0 Å². The second-order valence-corrected chi connectivity index (χ2v) is 7.86. The fourth-order valence-electron chi connectivity index (χ4n) is 2.87. The number of aryl methyl sites for hydroxylation is 2. The van der Waals surface area contributed by atoms with Gasteiger partial charge in [0.25, 0.3) is 0 Å². The van der Waals surface area contributed by atoms with Crippen molar-refractivity contribution in [3.63, 3.8) is 0 Å². The summed E-state index contributed by atoms with van der Waals surface area (Å²) in [4.78, 5) is 12.9. The molecular weight excluding hydrogens is 481 g/mol. The van der Waals surface area contributed by atoms with Crippen molar-refractivity contribution < 1.29 is 0 Å². The van der Waals surface area contributed by atoms with Gasteiger partial charge in [-0.3, -0.25) is 4.90 Å².